The fraction of sp³-hybridized carbons (Fsp3) is 0.600. The quantitative estimate of drug-likeness (QED) is 0.728. The predicted molar refractivity (Wildman–Crippen MR) is 60.3 cm³/mol. The Hall–Kier alpha value is -2.16. The molecule has 1 aliphatic heterocycles. The minimum Gasteiger partial charge on any atom is -0.480 e. The number of carboxylic acid groups (broad SMARTS) is 1. The molecule has 1 aromatic heterocycles. The highest BCUT2D eigenvalue weighted by atomic mass is 16.5. The third kappa shape index (κ3) is 3.41. The van der Waals surface area contributed by atoms with Gasteiger partial charge in [-0.15, -0.1) is 0 Å². The summed E-state index contributed by atoms with van der Waals surface area (Å²) in [5, 5.41) is 15.1. The van der Waals surface area contributed by atoms with E-state index in [4.69, 9.17) is 14.4 Å². The highest BCUT2D eigenvalue weighted by Crippen LogP contribution is 2.07. The van der Waals surface area contributed by atoms with Crippen molar-refractivity contribution in [1.29, 1.82) is 0 Å². The lowest BCUT2D eigenvalue weighted by molar-refractivity contribution is -0.147. The maximum atomic E-state index is 11.9. The third-order valence-electron chi connectivity index (χ3n) is 2.70. The molecule has 2 rings (SSSR count). The molecule has 104 valence electrons. The van der Waals surface area contributed by atoms with E-state index in [2.05, 4.69) is 15.5 Å². The van der Waals surface area contributed by atoms with Crippen molar-refractivity contribution < 1.29 is 24.0 Å². The van der Waals surface area contributed by atoms with Crippen LogP contribution in [0.2, 0.25) is 0 Å². The Labute approximate surface area is 108 Å². The van der Waals surface area contributed by atoms with Crippen LogP contribution in [0, 0.1) is 0 Å². The van der Waals surface area contributed by atoms with Gasteiger partial charge in [0.25, 0.3) is 0 Å². The lowest BCUT2D eigenvalue weighted by Gasteiger charge is -2.32. The van der Waals surface area contributed by atoms with Crippen molar-refractivity contribution in [3.05, 3.63) is 12.2 Å². The SMILES string of the molecule is O=C(O)C1COCCN1C(=O)NCCc1ncno1. The number of carboxylic acids is 1. The van der Waals surface area contributed by atoms with Crippen molar-refractivity contribution in [2.24, 2.45) is 0 Å². The summed E-state index contributed by atoms with van der Waals surface area (Å²) < 4.78 is 9.83. The molecule has 0 saturated carbocycles. The van der Waals surface area contributed by atoms with Gasteiger partial charge in [0.15, 0.2) is 12.4 Å². The van der Waals surface area contributed by atoms with E-state index in [-0.39, 0.29) is 13.2 Å². The highest BCUT2D eigenvalue weighted by molar-refractivity contribution is 5.82. The van der Waals surface area contributed by atoms with Crippen LogP contribution in [0.3, 0.4) is 0 Å². The van der Waals surface area contributed by atoms with Crippen molar-refractivity contribution in [2.75, 3.05) is 26.3 Å². The summed E-state index contributed by atoms with van der Waals surface area (Å²) in [6.45, 7) is 0.890. The molecule has 1 fully saturated rings. The summed E-state index contributed by atoms with van der Waals surface area (Å²) >= 11 is 0. The van der Waals surface area contributed by atoms with E-state index in [0.717, 1.165) is 0 Å². The van der Waals surface area contributed by atoms with Gasteiger partial charge in [0.2, 0.25) is 5.89 Å². The van der Waals surface area contributed by atoms with Crippen molar-refractivity contribution in [2.45, 2.75) is 12.5 Å². The lowest BCUT2D eigenvalue weighted by atomic mass is 10.2. The number of nitrogens with zero attached hydrogens (tertiary/aromatic N) is 3. The van der Waals surface area contributed by atoms with Crippen molar-refractivity contribution in [1.82, 2.24) is 20.4 Å². The number of rotatable bonds is 4. The van der Waals surface area contributed by atoms with E-state index in [0.29, 0.717) is 25.5 Å². The smallest absolute Gasteiger partial charge is 0.328 e. The lowest BCUT2D eigenvalue weighted by Crippen LogP contribution is -2.55. The van der Waals surface area contributed by atoms with Crippen molar-refractivity contribution >= 4 is 12.0 Å². The Morgan fingerprint density at radius 3 is 3.11 bits per heavy atom. The van der Waals surface area contributed by atoms with Gasteiger partial charge in [0.05, 0.1) is 13.2 Å². The summed E-state index contributed by atoms with van der Waals surface area (Å²) in [4.78, 5) is 27.9. The van der Waals surface area contributed by atoms with Crippen LogP contribution in [0.15, 0.2) is 10.9 Å². The second-order valence-electron chi connectivity index (χ2n) is 3.94. The molecule has 0 aliphatic carbocycles. The number of amides is 2. The van der Waals surface area contributed by atoms with Crippen LogP contribution in [0.4, 0.5) is 4.79 Å². The molecule has 0 bridgehead atoms. The maximum absolute atomic E-state index is 11.9. The molecule has 2 amide bonds. The number of hydrogen-bond donors (Lipinski definition) is 2. The van der Waals surface area contributed by atoms with Crippen LogP contribution >= 0.6 is 0 Å². The molecular formula is C10H14N4O5. The van der Waals surface area contributed by atoms with Gasteiger partial charge in [-0.05, 0) is 0 Å². The topological polar surface area (TPSA) is 118 Å². The Morgan fingerprint density at radius 1 is 1.58 bits per heavy atom. The summed E-state index contributed by atoms with van der Waals surface area (Å²) in [6.07, 6.45) is 1.67. The molecule has 1 saturated heterocycles. The molecule has 1 atom stereocenters. The molecule has 0 spiro atoms. The number of morpholine rings is 1. The van der Waals surface area contributed by atoms with Gasteiger partial charge < -0.3 is 24.6 Å². The number of aliphatic carboxylic acids is 1. The highest BCUT2D eigenvalue weighted by Gasteiger charge is 2.32. The number of aromatic nitrogens is 2. The normalized spacial score (nSPS) is 19.2. The first kappa shape index (κ1) is 13.3. The molecule has 19 heavy (non-hydrogen) atoms. The van der Waals surface area contributed by atoms with Crippen LogP contribution < -0.4 is 5.32 Å². The van der Waals surface area contributed by atoms with Crippen molar-refractivity contribution in [3.63, 3.8) is 0 Å². The molecule has 2 heterocycles. The average Bonchev–Trinajstić information content (AvgIpc) is 2.91. The van der Waals surface area contributed by atoms with Crippen molar-refractivity contribution in [3.8, 4) is 0 Å². The molecule has 2 N–H and O–H groups in total. The number of ether oxygens (including phenoxy) is 1. The summed E-state index contributed by atoms with van der Waals surface area (Å²) in [7, 11) is 0. The first-order valence-corrected chi connectivity index (χ1v) is 5.79. The molecular weight excluding hydrogens is 256 g/mol. The van der Waals surface area contributed by atoms with Crippen LogP contribution in [-0.4, -0.2) is 64.5 Å². The molecule has 9 heteroatoms. The fourth-order valence-corrected chi connectivity index (χ4v) is 1.74. The number of urea groups is 1. The van der Waals surface area contributed by atoms with Gasteiger partial charge in [0.1, 0.15) is 0 Å². The monoisotopic (exact) mass is 270 g/mol. The predicted octanol–water partition coefficient (Wildman–Crippen LogP) is -0.893. The Balaban J connectivity index is 1.82. The summed E-state index contributed by atoms with van der Waals surface area (Å²) in [5.41, 5.74) is 0. The first-order valence-electron chi connectivity index (χ1n) is 5.79. The largest absolute Gasteiger partial charge is 0.480 e. The van der Waals surface area contributed by atoms with Crippen LogP contribution in [0.1, 0.15) is 5.89 Å². The number of carbonyl (C=O) groups excluding carboxylic acids is 1. The third-order valence-corrected chi connectivity index (χ3v) is 2.70. The zero-order valence-electron chi connectivity index (χ0n) is 10.1. The Kier molecular flexibility index (Phi) is 4.29. The second kappa shape index (κ2) is 6.14. The van der Waals surface area contributed by atoms with Gasteiger partial charge in [-0.2, -0.15) is 4.98 Å². The Morgan fingerprint density at radius 2 is 2.42 bits per heavy atom. The second-order valence-corrected chi connectivity index (χ2v) is 3.94. The summed E-state index contributed by atoms with van der Waals surface area (Å²) in [5.74, 6) is -0.663. The van der Waals surface area contributed by atoms with Gasteiger partial charge in [-0.1, -0.05) is 5.16 Å². The molecule has 9 nitrogen and oxygen atoms in total. The standard InChI is InChI=1S/C10H14N4O5/c15-9(16)7-5-18-4-3-14(7)10(17)11-2-1-8-12-6-13-19-8/h6-7H,1-5H2,(H,11,17)(H,15,16). The number of hydrogen-bond acceptors (Lipinski definition) is 6. The van der Waals surface area contributed by atoms with E-state index in [1.807, 2.05) is 0 Å². The molecule has 0 radical (unpaired) electrons. The minimum absolute atomic E-state index is 0.00636. The van der Waals surface area contributed by atoms with Gasteiger partial charge in [-0.3, -0.25) is 0 Å². The molecule has 1 aliphatic rings. The van der Waals surface area contributed by atoms with E-state index in [1.54, 1.807) is 0 Å². The first-order chi connectivity index (χ1) is 9.18. The van der Waals surface area contributed by atoms with E-state index in [9.17, 15) is 9.59 Å². The van der Waals surface area contributed by atoms with Gasteiger partial charge in [0, 0.05) is 19.5 Å². The van der Waals surface area contributed by atoms with Gasteiger partial charge in [-0.25, -0.2) is 9.59 Å². The van der Waals surface area contributed by atoms with E-state index in [1.165, 1.54) is 11.2 Å². The summed E-state index contributed by atoms with van der Waals surface area (Å²) in [6, 6.07) is -1.38. The van der Waals surface area contributed by atoms with E-state index < -0.39 is 18.0 Å². The number of nitrogens with one attached hydrogen (secondary N) is 1. The zero-order chi connectivity index (χ0) is 13.7. The zero-order valence-corrected chi connectivity index (χ0v) is 10.1. The van der Waals surface area contributed by atoms with E-state index >= 15 is 0 Å². The molecule has 0 aromatic carbocycles. The molecule has 1 aromatic rings. The number of carbonyl (C=O) groups is 2. The Bertz CT molecular complexity index is 435. The van der Waals surface area contributed by atoms with Crippen LogP contribution in [0.25, 0.3) is 0 Å². The van der Waals surface area contributed by atoms with Crippen LogP contribution in [-0.2, 0) is 16.0 Å². The van der Waals surface area contributed by atoms with Gasteiger partial charge >= 0.3 is 12.0 Å². The van der Waals surface area contributed by atoms with Crippen LogP contribution in [0.5, 0.6) is 0 Å². The maximum Gasteiger partial charge on any atom is 0.328 e. The molecule has 1 unspecified atom stereocenters. The minimum atomic E-state index is -1.08. The fourth-order valence-electron chi connectivity index (χ4n) is 1.74. The average molecular weight is 270 g/mol.